The van der Waals surface area contributed by atoms with Crippen molar-refractivity contribution in [3.05, 3.63) is 40.8 Å². The summed E-state index contributed by atoms with van der Waals surface area (Å²) in [5.74, 6) is 0.247. The molecule has 0 aliphatic carbocycles. The fourth-order valence-corrected chi connectivity index (χ4v) is 2.65. The summed E-state index contributed by atoms with van der Waals surface area (Å²) in [5.41, 5.74) is 0.566. The number of nitriles is 1. The fraction of sp³-hybridized carbons (Fsp3) is 0.438. The van der Waals surface area contributed by atoms with Gasteiger partial charge in [-0.15, -0.1) is 5.10 Å². The van der Waals surface area contributed by atoms with Crippen molar-refractivity contribution in [1.82, 2.24) is 19.7 Å². The van der Waals surface area contributed by atoms with Crippen LogP contribution in [0.25, 0.3) is 11.4 Å². The normalized spacial score (nSPS) is 16.8. The molecule has 0 radical (unpaired) electrons. The Morgan fingerprint density at radius 2 is 2.00 bits per heavy atom. The Morgan fingerprint density at radius 1 is 1.26 bits per heavy atom. The molecule has 120 valence electrons. The van der Waals surface area contributed by atoms with Gasteiger partial charge in [0.1, 0.15) is 0 Å². The number of morpholine rings is 1. The monoisotopic (exact) mass is 313 g/mol. The van der Waals surface area contributed by atoms with E-state index in [0.717, 1.165) is 18.7 Å². The van der Waals surface area contributed by atoms with Crippen LogP contribution in [0.2, 0.25) is 0 Å². The Labute approximate surface area is 134 Å². The Morgan fingerprint density at radius 3 is 2.70 bits per heavy atom. The number of H-pyrrole nitrogens is 1. The molecule has 1 aromatic heterocycles. The van der Waals surface area contributed by atoms with E-state index in [-0.39, 0.29) is 18.2 Å². The Bertz CT molecular complexity index is 725. The molecule has 0 saturated carbocycles. The Balaban J connectivity index is 1.70. The second-order valence-electron chi connectivity index (χ2n) is 5.57. The molecular weight excluding hydrogens is 294 g/mol. The van der Waals surface area contributed by atoms with E-state index < -0.39 is 0 Å². The number of rotatable bonds is 5. The first-order chi connectivity index (χ1) is 11.3. The number of aromatic amines is 1. The highest BCUT2D eigenvalue weighted by molar-refractivity contribution is 5.53. The first kappa shape index (κ1) is 15.5. The molecule has 0 amide bonds. The summed E-state index contributed by atoms with van der Waals surface area (Å²) in [5, 5.41) is 13.7. The molecule has 1 atom stereocenters. The van der Waals surface area contributed by atoms with Gasteiger partial charge in [-0.05, 0) is 0 Å². The van der Waals surface area contributed by atoms with Crippen LogP contribution in [0.3, 0.4) is 0 Å². The molecule has 1 unspecified atom stereocenters. The van der Waals surface area contributed by atoms with Gasteiger partial charge in [-0.3, -0.25) is 9.88 Å². The van der Waals surface area contributed by atoms with Crippen LogP contribution in [-0.4, -0.2) is 52.5 Å². The first-order valence-electron chi connectivity index (χ1n) is 7.68. The van der Waals surface area contributed by atoms with Crippen molar-refractivity contribution in [1.29, 1.82) is 5.26 Å². The number of hydrogen-bond donors (Lipinski definition) is 1. The SMILES string of the molecule is N#CC(CN1CCOCC1)Cn1nc(-c2ccccc2)[nH]c1=O. The van der Waals surface area contributed by atoms with Crippen molar-refractivity contribution in [2.24, 2.45) is 5.92 Å². The van der Waals surface area contributed by atoms with E-state index in [4.69, 9.17) is 4.74 Å². The lowest BCUT2D eigenvalue weighted by molar-refractivity contribution is 0.0327. The van der Waals surface area contributed by atoms with Crippen LogP contribution in [0.4, 0.5) is 0 Å². The smallest absolute Gasteiger partial charge is 0.343 e. The van der Waals surface area contributed by atoms with Gasteiger partial charge < -0.3 is 4.74 Å². The third-order valence-corrected chi connectivity index (χ3v) is 3.89. The zero-order valence-corrected chi connectivity index (χ0v) is 12.8. The van der Waals surface area contributed by atoms with Gasteiger partial charge in [-0.1, -0.05) is 30.3 Å². The second kappa shape index (κ2) is 7.22. The van der Waals surface area contributed by atoms with E-state index in [1.54, 1.807) is 0 Å². The van der Waals surface area contributed by atoms with Gasteiger partial charge in [0.25, 0.3) is 0 Å². The van der Waals surface area contributed by atoms with Crippen molar-refractivity contribution in [2.45, 2.75) is 6.54 Å². The zero-order chi connectivity index (χ0) is 16.1. The highest BCUT2D eigenvalue weighted by atomic mass is 16.5. The highest BCUT2D eigenvalue weighted by Gasteiger charge is 2.18. The molecule has 7 nitrogen and oxygen atoms in total. The maximum atomic E-state index is 12.1. The Hall–Kier alpha value is -2.43. The fourth-order valence-electron chi connectivity index (χ4n) is 2.65. The minimum absolute atomic E-state index is 0.280. The molecule has 2 aromatic rings. The van der Waals surface area contributed by atoms with Crippen molar-refractivity contribution in [2.75, 3.05) is 32.8 Å². The number of ether oxygens (including phenoxy) is 1. The molecule has 1 fully saturated rings. The predicted octanol–water partition coefficient (Wildman–Crippen LogP) is 0.710. The minimum Gasteiger partial charge on any atom is -0.379 e. The average molecular weight is 313 g/mol. The molecule has 23 heavy (non-hydrogen) atoms. The number of hydrogen-bond acceptors (Lipinski definition) is 5. The number of benzene rings is 1. The maximum absolute atomic E-state index is 12.1. The topological polar surface area (TPSA) is 86.9 Å². The van der Waals surface area contributed by atoms with E-state index in [1.807, 2.05) is 30.3 Å². The van der Waals surface area contributed by atoms with Gasteiger partial charge in [-0.2, -0.15) is 5.26 Å². The van der Waals surface area contributed by atoms with Gasteiger partial charge in [-0.25, -0.2) is 9.48 Å². The molecule has 2 heterocycles. The molecule has 1 N–H and O–H groups in total. The van der Waals surface area contributed by atoms with Gasteiger partial charge in [0.2, 0.25) is 0 Å². The first-order valence-corrected chi connectivity index (χ1v) is 7.68. The zero-order valence-electron chi connectivity index (χ0n) is 12.8. The van der Waals surface area contributed by atoms with Crippen LogP contribution in [-0.2, 0) is 11.3 Å². The second-order valence-corrected chi connectivity index (χ2v) is 5.57. The standard InChI is InChI=1S/C16H19N5O2/c17-10-13(11-20-6-8-23-9-7-20)12-21-16(22)18-15(19-21)14-4-2-1-3-5-14/h1-5,13H,6-9,11-12H2,(H,18,19,22). The van der Waals surface area contributed by atoms with Crippen LogP contribution in [0, 0.1) is 17.2 Å². The molecule has 1 aromatic carbocycles. The molecule has 7 heteroatoms. The molecule has 1 saturated heterocycles. The summed E-state index contributed by atoms with van der Waals surface area (Å²) >= 11 is 0. The number of nitrogens with one attached hydrogen (secondary N) is 1. The number of nitrogens with zero attached hydrogens (tertiary/aromatic N) is 4. The van der Waals surface area contributed by atoms with Crippen LogP contribution >= 0.6 is 0 Å². The summed E-state index contributed by atoms with van der Waals surface area (Å²) in [7, 11) is 0. The van der Waals surface area contributed by atoms with Crippen molar-refractivity contribution >= 4 is 0 Å². The molecule has 0 spiro atoms. The summed E-state index contributed by atoms with van der Waals surface area (Å²) < 4.78 is 6.65. The lowest BCUT2D eigenvalue weighted by Crippen LogP contribution is -2.40. The largest absolute Gasteiger partial charge is 0.379 e. The minimum atomic E-state index is -0.286. The van der Waals surface area contributed by atoms with Crippen LogP contribution in [0.15, 0.2) is 35.1 Å². The summed E-state index contributed by atoms with van der Waals surface area (Å²) in [6.07, 6.45) is 0. The third kappa shape index (κ3) is 3.86. The van der Waals surface area contributed by atoms with Crippen LogP contribution in [0.1, 0.15) is 0 Å². The highest BCUT2D eigenvalue weighted by Crippen LogP contribution is 2.12. The van der Waals surface area contributed by atoms with Crippen molar-refractivity contribution < 1.29 is 4.74 Å². The quantitative estimate of drug-likeness (QED) is 0.878. The van der Waals surface area contributed by atoms with E-state index >= 15 is 0 Å². The van der Waals surface area contributed by atoms with E-state index in [9.17, 15) is 10.1 Å². The average Bonchev–Trinajstić information content (AvgIpc) is 2.97. The molecule has 1 aliphatic heterocycles. The third-order valence-electron chi connectivity index (χ3n) is 3.89. The van der Waals surface area contributed by atoms with Crippen molar-refractivity contribution in [3.8, 4) is 17.5 Å². The van der Waals surface area contributed by atoms with Crippen LogP contribution in [0.5, 0.6) is 0 Å². The molecule has 1 aliphatic rings. The predicted molar refractivity (Wildman–Crippen MR) is 84.6 cm³/mol. The van der Waals surface area contributed by atoms with E-state index in [0.29, 0.717) is 25.6 Å². The molecule has 3 rings (SSSR count). The lowest BCUT2D eigenvalue weighted by Gasteiger charge is -2.28. The van der Waals surface area contributed by atoms with Crippen molar-refractivity contribution in [3.63, 3.8) is 0 Å². The Kier molecular flexibility index (Phi) is 4.86. The number of aromatic nitrogens is 3. The summed E-state index contributed by atoms with van der Waals surface area (Å²) in [6, 6.07) is 11.7. The van der Waals surface area contributed by atoms with Gasteiger partial charge in [0, 0.05) is 25.2 Å². The maximum Gasteiger partial charge on any atom is 0.343 e. The summed E-state index contributed by atoms with van der Waals surface area (Å²) in [4.78, 5) is 17.0. The van der Waals surface area contributed by atoms with E-state index in [1.165, 1.54) is 4.68 Å². The van der Waals surface area contributed by atoms with Gasteiger partial charge in [0.15, 0.2) is 5.82 Å². The lowest BCUT2D eigenvalue weighted by atomic mass is 10.1. The van der Waals surface area contributed by atoms with E-state index in [2.05, 4.69) is 21.1 Å². The van der Waals surface area contributed by atoms with Gasteiger partial charge >= 0.3 is 5.69 Å². The molecule has 0 bridgehead atoms. The molecular formula is C16H19N5O2. The van der Waals surface area contributed by atoms with Gasteiger partial charge in [0.05, 0.1) is 31.7 Å². The summed E-state index contributed by atoms with van der Waals surface area (Å²) in [6.45, 7) is 3.94. The van der Waals surface area contributed by atoms with Crippen LogP contribution < -0.4 is 5.69 Å².